The molecule has 5 rings (SSSR count). The maximum absolute atomic E-state index is 6.90. The van der Waals surface area contributed by atoms with E-state index in [0.717, 1.165) is 59.6 Å². The molecule has 1 fully saturated rings. The van der Waals surface area contributed by atoms with Gasteiger partial charge in [-0.05, 0) is 81.6 Å². The zero-order valence-corrected chi connectivity index (χ0v) is 18.4. The highest BCUT2D eigenvalue weighted by Gasteiger charge is 2.46. The van der Waals surface area contributed by atoms with E-state index in [4.69, 9.17) is 15.6 Å². The summed E-state index contributed by atoms with van der Waals surface area (Å²) < 4.78 is 6.02. The average molecular weight is 429 g/mol. The van der Waals surface area contributed by atoms with Crippen molar-refractivity contribution in [2.24, 2.45) is 27.7 Å². The maximum atomic E-state index is 6.90. The van der Waals surface area contributed by atoms with Crippen LogP contribution in [0.1, 0.15) is 31.2 Å². The van der Waals surface area contributed by atoms with Gasteiger partial charge in [0, 0.05) is 5.92 Å². The molecule has 2 aromatic rings. The van der Waals surface area contributed by atoms with Crippen LogP contribution in [0.15, 0.2) is 88.4 Å². The second kappa shape index (κ2) is 8.82. The number of nitrogens with one attached hydrogen (secondary N) is 1. The summed E-state index contributed by atoms with van der Waals surface area (Å²) in [6.45, 7) is 1.09. The van der Waals surface area contributed by atoms with Crippen LogP contribution in [0, 0.1) is 11.8 Å². The lowest BCUT2D eigenvalue weighted by molar-refractivity contribution is -0.750. The van der Waals surface area contributed by atoms with E-state index in [9.17, 15) is 0 Å². The molecule has 1 aliphatic carbocycles. The Balaban J connectivity index is 1.40. The number of aliphatic imine (C=N–C) groups is 2. The van der Waals surface area contributed by atoms with E-state index >= 15 is 0 Å². The summed E-state index contributed by atoms with van der Waals surface area (Å²) in [4.78, 5) is 9.51. The molecule has 1 unspecified atom stereocenters. The SMILES string of the molecule is CNCC1CCC(C2=C3C=NC=C[N+]3(N)C(c3ccc(Oc4ccccc4)cc3)=N2)CC1. The predicted molar refractivity (Wildman–Crippen MR) is 128 cm³/mol. The number of rotatable bonds is 6. The molecule has 0 bridgehead atoms. The second-order valence-corrected chi connectivity index (χ2v) is 8.77. The van der Waals surface area contributed by atoms with Crippen LogP contribution >= 0.6 is 0 Å². The van der Waals surface area contributed by atoms with Crippen molar-refractivity contribution in [1.29, 1.82) is 0 Å². The van der Waals surface area contributed by atoms with E-state index in [1.165, 1.54) is 12.8 Å². The average Bonchev–Trinajstić information content (AvgIpc) is 3.14. The zero-order valence-electron chi connectivity index (χ0n) is 18.4. The number of para-hydroxylation sites is 1. The van der Waals surface area contributed by atoms with Crippen LogP contribution in [0.25, 0.3) is 0 Å². The first-order valence-corrected chi connectivity index (χ1v) is 11.4. The van der Waals surface area contributed by atoms with Crippen molar-refractivity contribution in [2.45, 2.75) is 25.7 Å². The van der Waals surface area contributed by atoms with Crippen molar-refractivity contribution in [3.8, 4) is 11.5 Å². The van der Waals surface area contributed by atoms with Gasteiger partial charge in [0.05, 0.1) is 18.0 Å². The highest BCUT2D eigenvalue weighted by molar-refractivity contribution is 6.00. The smallest absolute Gasteiger partial charge is 0.264 e. The summed E-state index contributed by atoms with van der Waals surface area (Å²) in [5.41, 5.74) is 3.08. The normalized spacial score (nSPS) is 26.8. The summed E-state index contributed by atoms with van der Waals surface area (Å²) in [6, 6.07) is 17.8. The lowest BCUT2D eigenvalue weighted by atomic mass is 9.80. The number of nitrogens with zero attached hydrogens (tertiary/aromatic N) is 3. The molecule has 0 aromatic heterocycles. The van der Waals surface area contributed by atoms with Crippen LogP contribution in [0.5, 0.6) is 11.5 Å². The summed E-state index contributed by atoms with van der Waals surface area (Å²) in [6.07, 6.45) is 10.3. The third-order valence-corrected chi connectivity index (χ3v) is 6.64. The van der Waals surface area contributed by atoms with E-state index in [0.29, 0.717) is 5.92 Å². The number of hydrogen-bond acceptors (Lipinski definition) is 5. The third-order valence-electron chi connectivity index (χ3n) is 6.64. The molecule has 164 valence electrons. The molecule has 2 aromatic carbocycles. The molecule has 2 heterocycles. The topological polar surface area (TPSA) is 72.0 Å². The van der Waals surface area contributed by atoms with Crippen molar-refractivity contribution < 1.29 is 9.33 Å². The van der Waals surface area contributed by atoms with Gasteiger partial charge in [-0.15, -0.1) is 4.59 Å². The second-order valence-electron chi connectivity index (χ2n) is 8.77. The van der Waals surface area contributed by atoms with Crippen LogP contribution in [0.3, 0.4) is 0 Å². The molecule has 1 atom stereocenters. The van der Waals surface area contributed by atoms with E-state index in [1.807, 2.05) is 74.1 Å². The van der Waals surface area contributed by atoms with Gasteiger partial charge in [0.25, 0.3) is 5.84 Å². The Hall–Kier alpha value is -3.06. The van der Waals surface area contributed by atoms with Gasteiger partial charge in [-0.1, -0.05) is 18.2 Å². The molecule has 3 N–H and O–H groups in total. The molecule has 0 spiro atoms. The van der Waals surface area contributed by atoms with Gasteiger partial charge < -0.3 is 10.1 Å². The zero-order chi connectivity index (χ0) is 22.0. The fraction of sp³-hybridized carbons (Fsp3) is 0.308. The van der Waals surface area contributed by atoms with Crippen LogP contribution in [-0.4, -0.2) is 30.2 Å². The molecular formula is C26H30N5O+. The highest BCUT2D eigenvalue weighted by atomic mass is 16.5. The van der Waals surface area contributed by atoms with Gasteiger partial charge in [0.2, 0.25) is 5.70 Å². The number of amidine groups is 1. The molecule has 2 aliphatic heterocycles. The number of allylic oxidation sites excluding steroid dienone is 2. The Labute approximate surface area is 189 Å². The Morgan fingerprint density at radius 2 is 1.72 bits per heavy atom. The molecule has 6 nitrogen and oxygen atoms in total. The lowest BCUT2D eigenvalue weighted by Gasteiger charge is -2.29. The van der Waals surface area contributed by atoms with Gasteiger partial charge >= 0.3 is 0 Å². The minimum absolute atomic E-state index is 0.0775. The Kier molecular flexibility index (Phi) is 5.74. The standard InChI is InChI=1S/C26H30N5O/c1-28-17-19-7-9-20(10-8-19)25-24-18-29-15-16-31(24,27)26(30-25)21-11-13-23(14-12-21)32-22-5-3-2-4-6-22/h2-6,11-16,18-20,28H,7-10,17,27H2,1H3/q+1. The number of nitrogens with two attached hydrogens (primary N) is 1. The lowest BCUT2D eigenvalue weighted by Crippen LogP contribution is -2.53. The van der Waals surface area contributed by atoms with Crippen molar-refractivity contribution in [3.05, 3.63) is 84.0 Å². The summed E-state index contributed by atoms with van der Waals surface area (Å²) in [5.74, 6) is 10.5. The van der Waals surface area contributed by atoms with Gasteiger partial charge in [-0.25, -0.2) is 0 Å². The predicted octanol–water partition coefficient (Wildman–Crippen LogP) is 4.72. The van der Waals surface area contributed by atoms with Crippen LogP contribution in [-0.2, 0) is 0 Å². The summed E-state index contributed by atoms with van der Waals surface area (Å²) in [7, 11) is 2.03. The molecule has 1 saturated carbocycles. The van der Waals surface area contributed by atoms with Crippen molar-refractivity contribution in [3.63, 3.8) is 0 Å². The van der Waals surface area contributed by atoms with Gasteiger partial charge in [-0.2, -0.15) is 10.8 Å². The highest BCUT2D eigenvalue weighted by Crippen LogP contribution is 2.41. The quantitative estimate of drug-likeness (QED) is 0.516. The first kappa shape index (κ1) is 20.8. The van der Waals surface area contributed by atoms with E-state index in [2.05, 4.69) is 10.3 Å². The fourth-order valence-corrected chi connectivity index (χ4v) is 4.93. The van der Waals surface area contributed by atoms with Gasteiger partial charge in [0.1, 0.15) is 23.4 Å². The number of ether oxygens (including phenoxy) is 1. The first-order chi connectivity index (χ1) is 15.7. The van der Waals surface area contributed by atoms with E-state index in [-0.39, 0.29) is 4.59 Å². The third kappa shape index (κ3) is 3.93. The minimum atomic E-state index is 0.0775. The van der Waals surface area contributed by atoms with Gasteiger partial charge in [0.15, 0.2) is 0 Å². The monoisotopic (exact) mass is 428 g/mol. The molecule has 3 aliphatic rings. The summed E-state index contributed by atoms with van der Waals surface area (Å²) >= 11 is 0. The number of benzene rings is 2. The van der Waals surface area contributed by atoms with E-state index in [1.54, 1.807) is 6.20 Å². The van der Waals surface area contributed by atoms with Crippen molar-refractivity contribution in [1.82, 2.24) is 5.32 Å². The molecule has 0 radical (unpaired) electrons. The van der Waals surface area contributed by atoms with Crippen LogP contribution < -0.4 is 15.9 Å². The van der Waals surface area contributed by atoms with Crippen LogP contribution in [0.4, 0.5) is 0 Å². The molecule has 0 amide bonds. The number of fused-ring (bicyclic) bond motifs is 1. The van der Waals surface area contributed by atoms with Crippen molar-refractivity contribution >= 4 is 12.1 Å². The Morgan fingerprint density at radius 1 is 1.00 bits per heavy atom. The number of hydrogen-bond donors (Lipinski definition) is 2. The Morgan fingerprint density at radius 3 is 2.44 bits per heavy atom. The maximum Gasteiger partial charge on any atom is 0.264 e. The molecule has 6 heteroatoms. The Bertz CT molecular complexity index is 1080. The van der Waals surface area contributed by atoms with Crippen LogP contribution in [0.2, 0.25) is 0 Å². The van der Waals surface area contributed by atoms with Crippen molar-refractivity contribution in [2.75, 3.05) is 13.6 Å². The van der Waals surface area contributed by atoms with Gasteiger partial charge in [-0.3, -0.25) is 4.99 Å². The molecule has 32 heavy (non-hydrogen) atoms. The fourth-order valence-electron chi connectivity index (χ4n) is 4.93. The first-order valence-electron chi connectivity index (χ1n) is 11.4. The molecule has 0 saturated heterocycles. The van der Waals surface area contributed by atoms with E-state index < -0.39 is 0 Å². The number of quaternary nitrogens is 1. The largest absolute Gasteiger partial charge is 0.457 e. The minimum Gasteiger partial charge on any atom is -0.457 e. The molecular weight excluding hydrogens is 398 g/mol. The summed E-state index contributed by atoms with van der Waals surface area (Å²) in [5, 5.41) is 3.32.